The smallest absolute Gasteiger partial charge is 0.338 e. The lowest BCUT2D eigenvalue weighted by atomic mass is 10.2. The average molecular weight is 203 g/mol. The minimum Gasteiger partial charge on any atom is -0.454 e. The van der Waals surface area contributed by atoms with Crippen LogP contribution >= 0.6 is 0 Å². The van der Waals surface area contributed by atoms with Crippen molar-refractivity contribution in [1.82, 2.24) is 5.16 Å². The highest BCUT2D eigenvalue weighted by Gasteiger charge is 2.07. The van der Waals surface area contributed by atoms with Crippen molar-refractivity contribution in [2.45, 2.75) is 6.61 Å². The normalized spacial score (nSPS) is 9.87. The molecule has 0 aliphatic rings. The predicted molar refractivity (Wildman–Crippen MR) is 52.1 cm³/mol. The summed E-state index contributed by atoms with van der Waals surface area (Å²) in [5.41, 5.74) is 0.525. The number of nitrogens with zero attached hydrogens (tertiary/aromatic N) is 1. The van der Waals surface area contributed by atoms with Gasteiger partial charge >= 0.3 is 5.97 Å². The van der Waals surface area contributed by atoms with Crippen LogP contribution in [0.4, 0.5) is 0 Å². The van der Waals surface area contributed by atoms with Crippen LogP contribution in [0.3, 0.4) is 0 Å². The third-order valence-electron chi connectivity index (χ3n) is 1.85. The lowest BCUT2D eigenvalue weighted by molar-refractivity contribution is 0.0437. The highest BCUT2D eigenvalue weighted by molar-refractivity contribution is 5.89. The van der Waals surface area contributed by atoms with Gasteiger partial charge in [-0.05, 0) is 12.1 Å². The number of hydrogen-bond donors (Lipinski definition) is 0. The monoisotopic (exact) mass is 203 g/mol. The van der Waals surface area contributed by atoms with Crippen LogP contribution in [-0.2, 0) is 11.3 Å². The lowest BCUT2D eigenvalue weighted by Crippen LogP contribution is -2.04. The largest absolute Gasteiger partial charge is 0.454 e. The van der Waals surface area contributed by atoms with Crippen molar-refractivity contribution < 1.29 is 14.1 Å². The highest BCUT2D eigenvalue weighted by atomic mass is 16.5. The molecule has 4 nitrogen and oxygen atoms in total. The van der Waals surface area contributed by atoms with Gasteiger partial charge in [-0.1, -0.05) is 23.4 Å². The Labute approximate surface area is 86.5 Å². The Bertz CT molecular complexity index is 422. The molecular formula is C11H9NO3. The van der Waals surface area contributed by atoms with E-state index in [2.05, 4.69) is 5.16 Å². The SMILES string of the molecule is O=C(OCc1ccno1)c1ccccc1. The topological polar surface area (TPSA) is 52.3 Å². The molecule has 1 heterocycles. The number of esters is 1. The molecular weight excluding hydrogens is 194 g/mol. The maximum Gasteiger partial charge on any atom is 0.338 e. The molecule has 15 heavy (non-hydrogen) atoms. The zero-order valence-electron chi connectivity index (χ0n) is 7.92. The fourth-order valence-electron chi connectivity index (χ4n) is 1.11. The Morgan fingerprint density at radius 2 is 2.07 bits per heavy atom. The zero-order valence-corrected chi connectivity index (χ0v) is 7.92. The average Bonchev–Trinajstić information content (AvgIpc) is 2.80. The molecule has 0 fully saturated rings. The Hall–Kier alpha value is -2.10. The highest BCUT2D eigenvalue weighted by Crippen LogP contribution is 2.04. The van der Waals surface area contributed by atoms with E-state index in [0.717, 1.165) is 0 Å². The number of hydrogen-bond acceptors (Lipinski definition) is 4. The summed E-state index contributed by atoms with van der Waals surface area (Å²) in [6.45, 7) is 0.105. The van der Waals surface area contributed by atoms with E-state index in [9.17, 15) is 4.79 Å². The number of ether oxygens (including phenoxy) is 1. The first-order valence-corrected chi connectivity index (χ1v) is 4.48. The van der Waals surface area contributed by atoms with Crippen molar-refractivity contribution in [3.63, 3.8) is 0 Å². The van der Waals surface area contributed by atoms with Crippen molar-refractivity contribution in [3.8, 4) is 0 Å². The summed E-state index contributed by atoms with van der Waals surface area (Å²) in [6.07, 6.45) is 1.51. The molecule has 0 amide bonds. The van der Waals surface area contributed by atoms with Gasteiger partial charge in [0, 0.05) is 6.07 Å². The summed E-state index contributed by atoms with van der Waals surface area (Å²) in [5.74, 6) is 0.159. The molecule has 0 aliphatic carbocycles. The molecule has 1 aromatic heterocycles. The molecule has 0 spiro atoms. The van der Waals surface area contributed by atoms with Gasteiger partial charge in [0.25, 0.3) is 0 Å². The van der Waals surface area contributed by atoms with Gasteiger partial charge in [0.2, 0.25) is 0 Å². The third kappa shape index (κ3) is 2.43. The van der Waals surface area contributed by atoms with Crippen LogP contribution < -0.4 is 0 Å². The second-order valence-corrected chi connectivity index (χ2v) is 2.92. The molecule has 0 atom stereocenters. The van der Waals surface area contributed by atoms with E-state index in [4.69, 9.17) is 9.26 Å². The van der Waals surface area contributed by atoms with Crippen LogP contribution in [0.1, 0.15) is 16.1 Å². The molecule has 2 aromatic rings. The summed E-state index contributed by atoms with van der Waals surface area (Å²) in [7, 11) is 0. The third-order valence-corrected chi connectivity index (χ3v) is 1.85. The summed E-state index contributed by atoms with van der Waals surface area (Å²) < 4.78 is 9.79. The minimum atomic E-state index is -0.369. The maximum absolute atomic E-state index is 11.5. The number of aromatic nitrogens is 1. The van der Waals surface area contributed by atoms with Gasteiger partial charge in [-0.25, -0.2) is 4.79 Å². The number of benzene rings is 1. The first-order chi connectivity index (χ1) is 7.36. The quantitative estimate of drug-likeness (QED) is 0.716. The predicted octanol–water partition coefficient (Wildman–Crippen LogP) is 2.03. The van der Waals surface area contributed by atoms with Crippen molar-refractivity contribution in [3.05, 3.63) is 53.9 Å². The van der Waals surface area contributed by atoms with Crippen LogP contribution in [0.2, 0.25) is 0 Å². The van der Waals surface area contributed by atoms with Gasteiger partial charge in [-0.15, -0.1) is 0 Å². The van der Waals surface area contributed by atoms with E-state index in [1.807, 2.05) is 6.07 Å². The van der Waals surface area contributed by atoms with E-state index in [0.29, 0.717) is 11.3 Å². The van der Waals surface area contributed by atoms with Gasteiger partial charge < -0.3 is 9.26 Å². The van der Waals surface area contributed by atoms with E-state index in [1.54, 1.807) is 30.3 Å². The first kappa shape index (κ1) is 9.45. The fourth-order valence-corrected chi connectivity index (χ4v) is 1.11. The Morgan fingerprint density at radius 3 is 2.73 bits per heavy atom. The standard InChI is InChI=1S/C11H9NO3/c13-11(9-4-2-1-3-5-9)14-8-10-6-7-12-15-10/h1-7H,8H2. The fraction of sp³-hybridized carbons (Fsp3) is 0.0909. The maximum atomic E-state index is 11.5. The van der Waals surface area contributed by atoms with E-state index < -0.39 is 0 Å². The lowest BCUT2D eigenvalue weighted by Gasteiger charge is -2.01. The van der Waals surface area contributed by atoms with Gasteiger partial charge in [-0.2, -0.15) is 0 Å². The number of carbonyl (C=O) groups is 1. The van der Waals surface area contributed by atoms with Crippen molar-refractivity contribution >= 4 is 5.97 Å². The minimum absolute atomic E-state index is 0.105. The Kier molecular flexibility index (Phi) is 2.78. The van der Waals surface area contributed by atoms with Gasteiger partial charge in [-0.3, -0.25) is 0 Å². The van der Waals surface area contributed by atoms with Gasteiger partial charge in [0.1, 0.15) is 0 Å². The molecule has 0 bridgehead atoms. The molecule has 4 heteroatoms. The second kappa shape index (κ2) is 4.41. The van der Waals surface area contributed by atoms with Crippen LogP contribution in [0.25, 0.3) is 0 Å². The summed E-state index contributed by atoms with van der Waals surface area (Å²) in [6, 6.07) is 10.5. The number of rotatable bonds is 3. The molecule has 0 N–H and O–H groups in total. The zero-order chi connectivity index (χ0) is 10.5. The van der Waals surface area contributed by atoms with E-state index in [1.165, 1.54) is 6.20 Å². The van der Waals surface area contributed by atoms with E-state index >= 15 is 0 Å². The summed E-state index contributed by atoms with van der Waals surface area (Å²) >= 11 is 0. The molecule has 76 valence electrons. The Morgan fingerprint density at radius 1 is 1.27 bits per heavy atom. The molecule has 1 aromatic carbocycles. The molecule has 0 unspecified atom stereocenters. The molecule has 2 rings (SSSR count). The van der Waals surface area contributed by atoms with Crippen molar-refractivity contribution in [2.24, 2.45) is 0 Å². The van der Waals surface area contributed by atoms with Crippen LogP contribution in [-0.4, -0.2) is 11.1 Å². The van der Waals surface area contributed by atoms with Gasteiger partial charge in [0.15, 0.2) is 12.4 Å². The summed E-state index contributed by atoms with van der Waals surface area (Å²) in [5, 5.41) is 3.51. The van der Waals surface area contributed by atoms with Crippen LogP contribution in [0.5, 0.6) is 0 Å². The molecule has 0 saturated heterocycles. The molecule has 0 radical (unpaired) electrons. The van der Waals surface area contributed by atoms with Crippen molar-refractivity contribution in [2.75, 3.05) is 0 Å². The van der Waals surface area contributed by atoms with Crippen LogP contribution in [0, 0.1) is 0 Å². The van der Waals surface area contributed by atoms with E-state index in [-0.39, 0.29) is 12.6 Å². The van der Waals surface area contributed by atoms with Gasteiger partial charge in [0.05, 0.1) is 11.8 Å². The Balaban J connectivity index is 1.94. The number of carbonyl (C=O) groups excluding carboxylic acids is 1. The molecule has 0 saturated carbocycles. The molecule has 0 aliphatic heterocycles. The van der Waals surface area contributed by atoms with Crippen molar-refractivity contribution in [1.29, 1.82) is 0 Å². The van der Waals surface area contributed by atoms with Crippen LogP contribution in [0.15, 0.2) is 47.1 Å². The summed E-state index contributed by atoms with van der Waals surface area (Å²) in [4.78, 5) is 11.5. The first-order valence-electron chi connectivity index (χ1n) is 4.48. The second-order valence-electron chi connectivity index (χ2n) is 2.92.